The third-order valence-corrected chi connectivity index (χ3v) is 3.21. The van der Waals surface area contributed by atoms with E-state index in [1.165, 1.54) is 24.2 Å². The fraction of sp³-hybridized carbons (Fsp3) is 0.200. The van der Waals surface area contributed by atoms with Crippen molar-refractivity contribution in [2.24, 2.45) is 12.8 Å². The van der Waals surface area contributed by atoms with Crippen molar-refractivity contribution in [1.29, 1.82) is 0 Å². The largest absolute Gasteiger partial charge is 0.326 e. The van der Waals surface area contributed by atoms with E-state index in [1.54, 1.807) is 17.8 Å². The lowest BCUT2D eigenvalue weighted by Crippen LogP contribution is -1.98. The van der Waals surface area contributed by atoms with Gasteiger partial charge in [-0.05, 0) is 29.5 Å². The summed E-state index contributed by atoms with van der Waals surface area (Å²) >= 11 is 1.24. The second-order valence-corrected chi connectivity index (χ2v) is 4.25. The maximum Gasteiger partial charge on any atom is 0.190 e. The highest BCUT2D eigenvalue weighted by atomic mass is 32.2. The van der Waals surface area contributed by atoms with E-state index in [0.29, 0.717) is 16.6 Å². The van der Waals surface area contributed by atoms with Crippen LogP contribution in [0.3, 0.4) is 0 Å². The molecule has 0 bridgehead atoms. The van der Waals surface area contributed by atoms with E-state index in [0.717, 1.165) is 5.56 Å². The van der Waals surface area contributed by atoms with E-state index < -0.39 is 0 Å². The number of rotatable bonds is 3. The third kappa shape index (κ3) is 2.23. The smallest absolute Gasteiger partial charge is 0.190 e. The van der Waals surface area contributed by atoms with Crippen molar-refractivity contribution in [3.8, 4) is 0 Å². The first-order valence-electron chi connectivity index (χ1n) is 4.71. The van der Waals surface area contributed by atoms with Gasteiger partial charge in [0.15, 0.2) is 5.16 Å². The Morgan fingerprint density at radius 2 is 2.31 bits per heavy atom. The summed E-state index contributed by atoms with van der Waals surface area (Å²) in [6.45, 7) is 0.339. The van der Waals surface area contributed by atoms with Gasteiger partial charge < -0.3 is 5.73 Å². The quantitative estimate of drug-likeness (QED) is 0.881. The summed E-state index contributed by atoms with van der Waals surface area (Å²) in [5.41, 5.74) is 6.21. The van der Waals surface area contributed by atoms with Crippen molar-refractivity contribution in [3.05, 3.63) is 35.9 Å². The summed E-state index contributed by atoms with van der Waals surface area (Å²) in [4.78, 5) is 4.54. The SMILES string of the molecule is Cn1ncnc1Sc1ccc(CN)cc1F. The van der Waals surface area contributed by atoms with Gasteiger partial charge in [-0.15, -0.1) is 0 Å². The van der Waals surface area contributed by atoms with Gasteiger partial charge in [0.05, 0.1) is 4.90 Å². The molecule has 6 heteroatoms. The minimum Gasteiger partial charge on any atom is -0.326 e. The van der Waals surface area contributed by atoms with Crippen LogP contribution in [0, 0.1) is 5.82 Å². The van der Waals surface area contributed by atoms with Gasteiger partial charge in [-0.2, -0.15) is 5.10 Å². The molecule has 16 heavy (non-hydrogen) atoms. The first kappa shape index (κ1) is 11.1. The van der Waals surface area contributed by atoms with Gasteiger partial charge in [0, 0.05) is 13.6 Å². The molecule has 0 saturated heterocycles. The molecular formula is C10H11FN4S. The Morgan fingerprint density at radius 3 is 2.88 bits per heavy atom. The highest BCUT2D eigenvalue weighted by molar-refractivity contribution is 7.99. The Balaban J connectivity index is 2.25. The lowest BCUT2D eigenvalue weighted by molar-refractivity contribution is 0.598. The third-order valence-electron chi connectivity index (χ3n) is 2.10. The minimum absolute atomic E-state index is 0.282. The van der Waals surface area contributed by atoms with Crippen LogP contribution in [0.5, 0.6) is 0 Å². The first-order valence-corrected chi connectivity index (χ1v) is 5.52. The van der Waals surface area contributed by atoms with Crippen molar-refractivity contribution >= 4 is 11.8 Å². The lowest BCUT2D eigenvalue weighted by Gasteiger charge is -2.03. The van der Waals surface area contributed by atoms with E-state index in [-0.39, 0.29) is 5.82 Å². The van der Waals surface area contributed by atoms with Crippen LogP contribution in [-0.4, -0.2) is 14.8 Å². The molecule has 0 unspecified atom stereocenters. The average molecular weight is 238 g/mol. The fourth-order valence-electron chi connectivity index (χ4n) is 1.23. The van der Waals surface area contributed by atoms with E-state index >= 15 is 0 Å². The summed E-state index contributed by atoms with van der Waals surface area (Å²) in [5, 5.41) is 4.57. The van der Waals surface area contributed by atoms with E-state index in [2.05, 4.69) is 10.1 Å². The molecule has 0 spiro atoms. The van der Waals surface area contributed by atoms with Crippen LogP contribution < -0.4 is 5.73 Å². The molecule has 0 aliphatic carbocycles. The first-order chi connectivity index (χ1) is 7.70. The number of hydrogen-bond donors (Lipinski definition) is 1. The molecule has 84 valence electrons. The molecule has 0 saturated carbocycles. The predicted octanol–water partition coefficient (Wildman–Crippen LogP) is 1.56. The number of halogens is 1. The second kappa shape index (κ2) is 4.63. The van der Waals surface area contributed by atoms with Crippen LogP contribution in [0.25, 0.3) is 0 Å². The molecule has 0 fully saturated rings. The van der Waals surface area contributed by atoms with Gasteiger partial charge in [-0.25, -0.2) is 14.1 Å². The van der Waals surface area contributed by atoms with Crippen LogP contribution in [0.4, 0.5) is 4.39 Å². The predicted molar refractivity (Wildman–Crippen MR) is 59.4 cm³/mol. The second-order valence-electron chi connectivity index (χ2n) is 3.24. The molecule has 1 aromatic heterocycles. The van der Waals surface area contributed by atoms with Crippen LogP contribution in [0.1, 0.15) is 5.56 Å². The highest BCUT2D eigenvalue weighted by Gasteiger charge is 2.08. The lowest BCUT2D eigenvalue weighted by atomic mass is 10.2. The molecule has 0 atom stereocenters. The van der Waals surface area contributed by atoms with Gasteiger partial charge in [-0.1, -0.05) is 6.07 Å². The van der Waals surface area contributed by atoms with Gasteiger partial charge in [0.25, 0.3) is 0 Å². The fourth-order valence-corrected chi connectivity index (χ4v) is 2.00. The summed E-state index contributed by atoms with van der Waals surface area (Å²) in [6, 6.07) is 4.96. The standard InChI is InChI=1S/C10H11FN4S/c1-15-10(13-6-14-15)16-9-3-2-7(5-12)4-8(9)11/h2-4,6H,5,12H2,1H3. The monoisotopic (exact) mass is 238 g/mol. The highest BCUT2D eigenvalue weighted by Crippen LogP contribution is 2.28. The molecule has 2 aromatic rings. The van der Waals surface area contributed by atoms with Gasteiger partial charge in [0.2, 0.25) is 0 Å². The maximum atomic E-state index is 13.6. The van der Waals surface area contributed by atoms with Crippen molar-refractivity contribution in [2.75, 3.05) is 0 Å². The van der Waals surface area contributed by atoms with Crippen molar-refractivity contribution in [3.63, 3.8) is 0 Å². The summed E-state index contributed by atoms with van der Waals surface area (Å²) in [7, 11) is 1.77. The Morgan fingerprint density at radius 1 is 1.50 bits per heavy atom. The molecule has 2 rings (SSSR count). The molecule has 2 N–H and O–H groups in total. The van der Waals surface area contributed by atoms with Crippen molar-refractivity contribution < 1.29 is 4.39 Å². The molecule has 1 aromatic carbocycles. The van der Waals surface area contributed by atoms with E-state index in [4.69, 9.17) is 5.73 Å². The number of benzene rings is 1. The number of aryl methyl sites for hydroxylation is 1. The van der Waals surface area contributed by atoms with Gasteiger partial charge >= 0.3 is 0 Å². The maximum absolute atomic E-state index is 13.6. The molecule has 1 heterocycles. The van der Waals surface area contributed by atoms with E-state index in [1.807, 2.05) is 6.07 Å². The molecule has 0 amide bonds. The zero-order chi connectivity index (χ0) is 11.5. The van der Waals surface area contributed by atoms with E-state index in [9.17, 15) is 4.39 Å². The number of aromatic nitrogens is 3. The molecule has 4 nitrogen and oxygen atoms in total. The number of nitrogens with zero attached hydrogens (tertiary/aromatic N) is 3. The van der Waals surface area contributed by atoms with Crippen LogP contribution in [-0.2, 0) is 13.6 Å². The Bertz CT molecular complexity index is 497. The molecule has 0 radical (unpaired) electrons. The zero-order valence-electron chi connectivity index (χ0n) is 8.72. The number of hydrogen-bond acceptors (Lipinski definition) is 4. The van der Waals surface area contributed by atoms with Gasteiger partial charge in [-0.3, -0.25) is 0 Å². The number of nitrogens with two attached hydrogens (primary N) is 1. The van der Waals surface area contributed by atoms with Crippen molar-refractivity contribution in [1.82, 2.24) is 14.8 Å². The summed E-state index contributed by atoms with van der Waals surface area (Å²) in [6.07, 6.45) is 1.44. The minimum atomic E-state index is -0.282. The molecule has 0 aliphatic rings. The zero-order valence-corrected chi connectivity index (χ0v) is 9.54. The summed E-state index contributed by atoms with van der Waals surface area (Å²) in [5.74, 6) is -0.282. The topological polar surface area (TPSA) is 56.7 Å². The Hall–Kier alpha value is -1.40. The van der Waals surface area contributed by atoms with Gasteiger partial charge in [0.1, 0.15) is 12.1 Å². The van der Waals surface area contributed by atoms with Crippen LogP contribution in [0.15, 0.2) is 34.6 Å². The molecule has 0 aliphatic heterocycles. The Labute approximate surface area is 96.7 Å². The molecular weight excluding hydrogens is 227 g/mol. The normalized spacial score (nSPS) is 10.7. The Kier molecular flexibility index (Phi) is 3.21. The average Bonchev–Trinajstić information content (AvgIpc) is 2.67. The van der Waals surface area contributed by atoms with Crippen molar-refractivity contribution in [2.45, 2.75) is 16.6 Å². The van der Waals surface area contributed by atoms with Crippen LogP contribution in [0.2, 0.25) is 0 Å². The summed E-state index contributed by atoms with van der Waals surface area (Å²) < 4.78 is 15.2. The van der Waals surface area contributed by atoms with Crippen LogP contribution >= 0.6 is 11.8 Å².